The molecule has 3 aliphatic rings. The molecule has 0 unspecified atom stereocenters. The molecule has 24 heavy (non-hydrogen) atoms. The van der Waals surface area contributed by atoms with Gasteiger partial charge >= 0.3 is 0 Å². The molecule has 1 aliphatic carbocycles. The zero-order chi connectivity index (χ0) is 17.2. The topological polar surface area (TPSA) is 101 Å². The fraction of sp³-hybridized carbons (Fsp3) is 0.412. The van der Waals surface area contributed by atoms with Crippen molar-refractivity contribution in [2.24, 2.45) is 16.6 Å². The van der Waals surface area contributed by atoms with Gasteiger partial charge in [-0.1, -0.05) is 11.6 Å². The van der Waals surface area contributed by atoms with E-state index in [1.54, 1.807) is 12.3 Å². The fourth-order valence-corrected chi connectivity index (χ4v) is 3.51. The summed E-state index contributed by atoms with van der Waals surface area (Å²) >= 11 is 6.00. The van der Waals surface area contributed by atoms with Crippen molar-refractivity contribution < 1.29 is 4.58 Å². The highest BCUT2D eigenvalue weighted by Gasteiger charge is 2.46. The number of hydrogen-bond donors (Lipinski definition) is 3. The lowest BCUT2D eigenvalue weighted by Gasteiger charge is -2.35. The van der Waals surface area contributed by atoms with Gasteiger partial charge in [-0.15, -0.1) is 0 Å². The molecule has 2 aliphatic heterocycles. The van der Waals surface area contributed by atoms with E-state index >= 15 is 0 Å². The number of halogens is 1. The van der Waals surface area contributed by atoms with Crippen molar-refractivity contribution in [3.8, 4) is 6.07 Å². The predicted molar refractivity (Wildman–Crippen MR) is 95.1 cm³/mol. The molecule has 7 heteroatoms. The van der Waals surface area contributed by atoms with E-state index in [4.69, 9.17) is 28.0 Å². The summed E-state index contributed by atoms with van der Waals surface area (Å²) in [5.74, 6) is 0.146. The Balaban J connectivity index is 1.79. The summed E-state index contributed by atoms with van der Waals surface area (Å²) in [4.78, 5) is 4.37. The first kappa shape index (κ1) is 16.6. The van der Waals surface area contributed by atoms with Crippen LogP contribution in [0.4, 0.5) is 0 Å². The van der Waals surface area contributed by atoms with Crippen LogP contribution in [0.25, 0.3) is 0 Å². The van der Waals surface area contributed by atoms with Gasteiger partial charge in [0, 0.05) is 31.2 Å². The van der Waals surface area contributed by atoms with Crippen molar-refractivity contribution in [3.05, 3.63) is 34.9 Å². The Labute approximate surface area is 146 Å². The smallest absolute Gasteiger partial charge is 0.184 e. The number of hydrogen-bond acceptors (Lipinski definition) is 5. The lowest BCUT2D eigenvalue weighted by molar-refractivity contribution is -0.556. The number of aliphatic imine (C=N–C) groups is 1. The van der Waals surface area contributed by atoms with Crippen LogP contribution in [-0.2, 0) is 0 Å². The number of nitrogens with two attached hydrogens (primary N) is 1. The number of nitriles is 1. The van der Waals surface area contributed by atoms with Gasteiger partial charge in [0.25, 0.3) is 0 Å². The second-order valence-corrected chi connectivity index (χ2v) is 6.66. The molecule has 0 aromatic carbocycles. The maximum absolute atomic E-state index is 9.08. The van der Waals surface area contributed by atoms with E-state index in [1.807, 2.05) is 12.4 Å². The van der Waals surface area contributed by atoms with Crippen LogP contribution in [0.1, 0.15) is 25.7 Å². The zero-order valence-electron chi connectivity index (χ0n) is 13.3. The lowest BCUT2D eigenvalue weighted by Crippen LogP contribution is -2.52. The first-order valence-electron chi connectivity index (χ1n) is 7.99. The van der Waals surface area contributed by atoms with Crippen molar-refractivity contribution in [3.63, 3.8) is 0 Å². The molecule has 0 spiro atoms. The molecule has 0 saturated heterocycles. The Kier molecular flexibility index (Phi) is 4.65. The monoisotopic (exact) mass is 343 g/mol. The van der Waals surface area contributed by atoms with E-state index in [2.05, 4.69) is 21.0 Å². The molecule has 0 bridgehead atoms. The second-order valence-electron chi connectivity index (χ2n) is 6.27. The first-order valence-corrected chi connectivity index (χ1v) is 8.37. The van der Waals surface area contributed by atoms with E-state index in [9.17, 15) is 0 Å². The van der Waals surface area contributed by atoms with Crippen LogP contribution in [0, 0.1) is 22.7 Å². The summed E-state index contributed by atoms with van der Waals surface area (Å²) < 4.78 is 2.16. The molecule has 0 amide bonds. The Bertz CT molecular complexity index is 742. The number of allylic oxidation sites excluding steroid dienone is 2. The van der Waals surface area contributed by atoms with E-state index in [0.29, 0.717) is 11.7 Å². The van der Waals surface area contributed by atoms with Gasteiger partial charge in [0.15, 0.2) is 18.0 Å². The molecule has 4 N–H and O–H groups in total. The van der Waals surface area contributed by atoms with Crippen molar-refractivity contribution in [1.82, 2.24) is 5.32 Å². The Morgan fingerprint density at radius 1 is 1.54 bits per heavy atom. The standard InChI is InChI=1S/C17H20ClN6/c18-15-8-22-14(3-6-19)16(23-15)13-9-24(10-13)17(11-21)4-1-12(7-20)2-5-17/h3,6,8-10,12,19,22H,1-2,4-5,11,21H2/q+1/b14-3-,19-6?. The van der Waals surface area contributed by atoms with Gasteiger partial charge in [0.05, 0.1) is 18.3 Å². The Morgan fingerprint density at radius 3 is 2.83 bits per heavy atom. The van der Waals surface area contributed by atoms with Crippen LogP contribution in [0.3, 0.4) is 0 Å². The summed E-state index contributed by atoms with van der Waals surface area (Å²) in [5, 5.41) is 19.8. The van der Waals surface area contributed by atoms with Crippen molar-refractivity contribution in [2.45, 2.75) is 31.2 Å². The molecule has 0 radical (unpaired) electrons. The van der Waals surface area contributed by atoms with E-state index in [1.165, 1.54) is 6.21 Å². The summed E-state index contributed by atoms with van der Waals surface area (Å²) in [7, 11) is 0. The summed E-state index contributed by atoms with van der Waals surface area (Å²) in [6.45, 7) is 0.556. The van der Waals surface area contributed by atoms with Gasteiger partial charge in [0.1, 0.15) is 16.4 Å². The first-order chi connectivity index (χ1) is 11.6. The molecule has 1 saturated carbocycles. The SMILES string of the molecule is N#CC1CCC(CN)([N+]2=CC(C3=NC(Cl)=CN/C3=C\C=N)=C2)CC1. The zero-order valence-corrected chi connectivity index (χ0v) is 14.1. The van der Waals surface area contributed by atoms with Crippen molar-refractivity contribution in [2.75, 3.05) is 6.54 Å². The molecule has 3 rings (SSSR count). The van der Waals surface area contributed by atoms with Crippen molar-refractivity contribution in [1.29, 1.82) is 10.7 Å². The molecule has 0 atom stereocenters. The average Bonchev–Trinajstić information content (AvgIpc) is 2.56. The Morgan fingerprint density at radius 2 is 2.25 bits per heavy atom. The largest absolute Gasteiger partial charge is 0.357 e. The lowest BCUT2D eigenvalue weighted by atomic mass is 9.76. The van der Waals surface area contributed by atoms with Crippen LogP contribution >= 0.6 is 11.6 Å². The summed E-state index contributed by atoms with van der Waals surface area (Å²) in [5.41, 5.74) is 8.38. The van der Waals surface area contributed by atoms with Gasteiger partial charge in [-0.25, -0.2) is 4.99 Å². The van der Waals surface area contributed by atoms with Gasteiger partial charge in [0.2, 0.25) is 0 Å². The van der Waals surface area contributed by atoms with Crippen LogP contribution in [0.5, 0.6) is 0 Å². The number of rotatable bonds is 4. The summed E-state index contributed by atoms with van der Waals surface area (Å²) in [6.07, 6.45) is 12.1. The predicted octanol–water partition coefficient (Wildman–Crippen LogP) is 1.99. The maximum Gasteiger partial charge on any atom is 0.184 e. The maximum atomic E-state index is 9.08. The molecular formula is C17H20ClN6+. The third-order valence-corrected chi connectivity index (χ3v) is 5.12. The number of nitrogens with zero attached hydrogens (tertiary/aromatic N) is 3. The highest BCUT2D eigenvalue weighted by atomic mass is 35.5. The molecule has 124 valence electrons. The second kappa shape index (κ2) is 6.71. The molecule has 0 aromatic rings. The third-order valence-electron chi connectivity index (χ3n) is 4.93. The average molecular weight is 344 g/mol. The molecule has 1 fully saturated rings. The normalized spacial score (nSPS) is 30.9. The van der Waals surface area contributed by atoms with Crippen LogP contribution in [-0.4, -0.2) is 34.8 Å². The third kappa shape index (κ3) is 2.93. The van der Waals surface area contributed by atoms with E-state index in [-0.39, 0.29) is 11.5 Å². The highest BCUT2D eigenvalue weighted by molar-refractivity contribution is 6.33. The van der Waals surface area contributed by atoms with Gasteiger partial charge in [-0.2, -0.15) is 9.84 Å². The van der Waals surface area contributed by atoms with E-state index in [0.717, 1.165) is 42.7 Å². The molecular weight excluding hydrogens is 324 g/mol. The summed E-state index contributed by atoms with van der Waals surface area (Å²) in [6, 6.07) is 2.36. The minimum atomic E-state index is -0.107. The number of nitrogens with one attached hydrogen (secondary N) is 2. The minimum absolute atomic E-state index is 0.107. The molecule has 2 heterocycles. The van der Waals surface area contributed by atoms with Crippen LogP contribution in [0.15, 0.2) is 39.9 Å². The molecule has 0 aromatic heterocycles. The quantitative estimate of drug-likeness (QED) is 0.413. The van der Waals surface area contributed by atoms with Crippen LogP contribution < -0.4 is 11.1 Å². The fourth-order valence-electron chi connectivity index (χ4n) is 3.37. The molecule has 6 nitrogen and oxygen atoms in total. The van der Waals surface area contributed by atoms with Gasteiger partial charge < -0.3 is 16.5 Å². The van der Waals surface area contributed by atoms with Crippen molar-refractivity contribution >= 4 is 29.7 Å². The van der Waals surface area contributed by atoms with Gasteiger partial charge in [-0.05, 0) is 18.9 Å². The van der Waals surface area contributed by atoms with E-state index < -0.39 is 0 Å². The van der Waals surface area contributed by atoms with Crippen LogP contribution in [0.2, 0.25) is 0 Å². The Hall–Kier alpha value is -2.23. The van der Waals surface area contributed by atoms with Gasteiger partial charge in [-0.3, -0.25) is 0 Å². The minimum Gasteiger partial charge on any atom is -0.357 e. The highest BCUT2D eigenvalue weighted by Crippen LogP contribution is 2.36.